The predicted octanol–water partition coefficient (Wildman–Crippen LogP) is 4.43. The molecule has 0 radical (unpaired) electrons. The number of carbonyl (C=O) groups is 1. The molecule has 1 fully saturated rings. The minimum absolute atomic E-state index is 0.0212. The van der Waals surface area contributed by atoms with Gasteiger partial charge in [0.05, 0.1) is 11.6 Å². The van der Waals surface area contributed by atoms with Gasteiger partial charge in [-0.15, -0.1) is 11.3 Å². The molecule has 1 aliphatic rings. The van der Waals surface area contributed by atoms with E-state index in [9.17, 15) is 18.5 Å². The van der Waals surface area contributed by atoms with Crippen LogP contribution in [0.15, 0.2) is 64.9 Å². The summed E-state index contributed by atoms with van der Waals surface area (Å²) in [4.78, 5) is 12.7. The van der Waals surface area contributed by atoms with E-state index in [2.05, 4.69) is 6.07 Å². The topological polar surface area (TPSA) is 87.5 Å². The fourth-order valence-electron chi connectivity index (χ4n) is 3.54. The molecule has 0 N–H and O–H groups in total. The second-order valence-corrected chi connectivity index (χ2v) is 9.98. The quantitative estimate of drug-likeness (QED) is 0.517. The highest BCUT2D eigenvalue weighted by molar-refractivity contribution is 7.89. The predicted molar refractivity (Wildman–Crippen MR) is 118 cm³/mol. The Labute approximate surface area is 185 Å². The van der Waals surface area contributed by atoms with Crippen LogP contribution in [-0.4, -0.2) is 31.8 Å². The Bertz CT molecular complexity index is 1240. The van der Waals surface area contributed by atoms with Gasteiger partial charge in [0.1, 0.15) is 16.4 Å². The number of carbonyl (C=O) groups excluding carboxylic acids is 1. The van der Waals surface area contributed by atoms with Crippen molar-refractivity contribution < 1.29 is 17.9 Å². The van der Waals surface area contributed by atoms with E-state index in [1.165, 1.54) is 10.4 Å². The minimum atomic E-state index is -3.68. The van der Waals surface area contributed by atoms with Crippen LogP contribution in [0, 0.1) is 11.3 Å². The van der Waals surface area contributed by atoms with E-state index in [1.54, 1.807) is 11.4 Å². The minimum Gasteiger partial charge on any atom is -0.457 e. The third-order valence-corrected chi connectivity index (χ3v) is 8.14. The summed E-state index contributed by atoms with van der Waals surface area (Å²) in [5.74, 6) is -0.647. The average molecular weight is 453 g/mol. The van der Waals surface area contributed by atoms with Crippen LogP contribution in [0.2, 0.25) is 0 Å². The van der Waals surface area contributed by atoms with Crippen LogP contribution in [0.1, 0.15) is 33.6 Å². The number of hydrogen-bond acceptors (Lipinski definition) is 6. The van der Waals surface area contributed by atoms with Crippen molar-refractivity contribution in [1.29, 1.82) is 5.26 Å². The van der Waals surface area contributed by atoms with Crippen LogP contribution in [-0.2, 0) is 21.4 Å². The maximum atomic E-state index is 12.8. The van der Waals surface area contributed by atoms with Crippen molar-refractivity contribution >= 4 is 27.3 Å². The monoisotopic (exact) mass is 452 g/mol. The summed E-state index contributed by atoms with van der Waals surface area (Å²) in [6.07, 6.45) is 1.66. The largest absolute Gasteiger partial charge is 0.457 e. The number of hydrogen-bond donors (Lipinski definition) is 0. The zero-order valence-corrected chi connectivity index (χ0v) is 18.3. The molecule has 158 valence electrons. The van der Waals surface area contributed by atoms with Crippen molar-refractivity contribution in [2.24, 2.45) is 0 Å². The van der Waals surface area contributed by atoms with Gasteiger partial charge in [0.2, 0.25) is 10.0 Å². The van der Waals surface area contributed by atoms with Gasteiger partial charge in [-0.25, -0.2) is 13.2 Å². The maximum Gasteiger partial charge on any atom is 0.350 e. The van der Waals surface area contributed by atoms with Crippen molar-refractivity contribution in [3.63, 3.8) is 0 Å². The lowest BCUT2D eigenvalue weighted by molar-refractivity contribution is 0.0474. The molecule has 0 amide bonds. The third kappa shape index (κ3) is 4.39. The highest BCUT2D eigenvalue weighted by Gasteiger charge is 2.32. The number of sulfonamides is 1. The van der Waals surface area contributed by atoms with Crippen molar-refractivity contribution in [3.05, 3.63) is 76.0 Å². The first-order valence-corrected chi connectivity index (χ1v) is 12.2. The van der Waals surface area contributed by atoms with Crippen LogP contribution < -0.4 is 0 Å². The molecule has 2 heterocycles. The number of ether oxygens (including phenoxy) is 1. The number of thiophene rings is 1. The van der Waals surface area contributed by atoms with E-state index in [-0.39, 0.29) is 16.4 Å². The molecule has 0 saturated carbocycles. The van der Waals surface area contributed by atoms with Crippen LogP contribution in [0.5, 0.6) is 0 Å². The maximum absolute atomic E-state index is 12.8. The summed E-state index contributed by atoms with van der Waals surface area (Å²) < 4.78 is 32.5. The summed E-state index contributed by atoms with van der Waals surface area (Å²) in [6, 6.07) is 18.4. The lowest BCUT2D eigenvalue weighted by Gasteiger charge is -2.15. The molecule has 31 heavy (non-hydrogen) atoms. The van der Waals surface area contributed by atoms with Gasteiger partial charge in [-0.1, -0.05) is 42.5 Å². The molecular weight excluding hydrogens is 432 g/mol. The Morgan fingerprint density at radius 1 is 1.06 bits per heavy atom. The van der Waals surface area contributed by atoms with Gasteiger partial charge >= 0.3 is 5.97 Å². The van der Waals surface area contributed by atoms with E-state index < -0.39 is 16.0 Å². The Morgan fingerprint density at radius 3 is 2.48 bits per heavy atom. The van der Waals surface area contributed by atoms with E-state index >= 15 is 0 Å². The Balaban J connectivity index is 1.46. The molecule has 8 heteroatoms. The molecule has 3 aromatic rings. The van der Waals surface area contributed by atoms with E-state index in [1.807, 2.05) is 42.5 Å². The Hall–Kier alpha value is -2.99. The number of rotatable bonds is 6. The number of benzene rings is 2. The summed E-state index contributed by atoms with van der Waals surface area (Å²) >= 11 is 1.07. The second kappa shape index (κ2) is 9.02. The molecule has 2 aromatic carbocycles. The van der Waals surface area contributed by atoms with Crippen molar-refractivity contribution in [1.82, 2.24) is 4.31 Å². The molecule has 0 spiro atoms. The fraction of sp³-hybridized carbons (Fsp3) is 0.217. The van der Waals surface area contributed by atoms with Crippen molar-refractivity contribution in [3.8, 4) is 17.2 Å². The Morgan fingerprint density at radius 2 is 1.77 bits per heavy atom. The molecule has 6 nitrogen and oxygen atoms in total. The lowest BCUT2D eigenvalue weighted by Crippen LogP contribution is -2.28. The van der Waals surface area contributed by atoms with Crippen LogP contribution in [0.25, 0.3) is 11.1 Å². The average Bonchev–Trinajstić information content (AvgIpc) is 3.51. The van der Waals surface area contributed by atoms with Gasteiger partial charge in [0, 0.05) is 13.1 Å². The van der Waals surface area contributed by atoms with Crippen molar-refractivity contribution in [2.45, 2.75) is 24.3 Å². The molecule has 1 aliphatic heterocycles. The molecule has 1 saturated heterocycles. The molecule has 1 aromatic heterocycles. The first-order valence-electron chi connectivity index (χ1n) is 9.84. The number of nitriles is 1. The third-order valence-electron chi connectivity index (χ3n) is 5.18. The molecule has 0 unspecified atom stereocenters. The summed E-state index contributed by atoms with van der Waals surface area (Å²) in [5, 5.41) is 10.9. The van der Waals surface area contributed by atoms with Gasteiger partial charge in [-0.2, -0.15) is 9.57 Å². The Kier molecular flexibility index (Phi) is 6.18. The van der Waals surface area contributed by atoms with E-state index in [0.29, 0.717) is 18.7 Å². The molecule has 4 rings (SSSR count). The van der Waals surface area contributed by atoms with Crippen LogP contribution in [0.3, 0.4) is 0 Å². The van der Waals surface area contributed by atoms with E-state index in [4.69, 9.17) is 4.74 Å². The smallest absolute Gasteiger partial charge is 0.350 e. The number of esters is 1. The summed E-state index contributed by atoms with van der Waals surface area (Å²) in [6.45, 7) is 0.988. The summed E-state index contributed by atoms with van der Waals surface area (Å²) in [7, 11) is -3.68. The van der Waals surface area contributed by atoms with Crippen LogP contribution >= 0.6 is 11.3 Å². The highest BCUT2D eigenvalue weighted by atomic mass is 32.2. The summed E-state index contributed by atoms with van der Waals surface area (Å²) in [5.41, 5.74) is 3.09. The zero-order valence-electron chi connectivity index (χ0n) is 16.7. The van der Waals surface area contributed by atoms with Gasteiger partial charge in [0.25, 0.3) is 0 Å². The SMILES string of the molecule is N#Cc1ccccc1-c1ccc(COC(=O)c2sccc2S(=O)(=O)N2CCCC2)cc1. The van der Waals surface area contributed by atoms with Crippen LogP contribution in [0.4, 0.5) is 0 Å². The first-order chi connectivity index (χ1) is 15.0. The highest BCUT2D eigenvalue weighted by Crippen LogP contribution is 2.29. The normalized spacial score (nSPS) is 14.3. The van der Waals surface area contributed by atoms with Crippen molar-refractivity contribution in [2.75, 3.05) is 13.1 Å². The second-order valence-electron chi connectivity index (χ2n) is 7.16. The molecule has 0 bridgehead atoms. The van der Waals surface area contributed by atoms with E-state index in [0.717, 1.165) is 40.9 Å². The fourth-order valence-corrected chi connectivity index (χ4v) is 6.34. The van der Waals surface area contributed by atoms with Gasteiger partial charge in [-0.3, -0.25) is 0 Å². The van der Waals surface area contributed by atoms with Gasteiger partial charge < -0.3 is 4.74 Å². The lowest BCUT2D eigenvalue weighted by atomic mass is 9.99. The van der Waals surface area contributed by atoms with Gasteiger partial charge in [-0.05, 0) is 47.0 Å². The zero-order chi connectivity index (χ0) is 21.8. The first kappa shape index (κ1) is 21.2. The standard InChI is InChI=1S/C23H20N2O4S2/c24-15-19-5-1-2-6-20(19)18-9-7-17(8-10-18)16-29-23(26)22-21(11-14-30-22)31(27,28)25-12-3-4-13-25/h1-2,5-11,14H,3-4,12-13,16H2. The number of nitrogens with zero attached hydrogens (tertiary/aromatic N) is 2. The molecular formula is C23H20N2O4S2. The molecule has 0 aliphatic carbocycles. The molecule has 0 atom stereocenters. The van der Waals surface area contributed by atoms with Gasteiger partial charge in [0.15, 0.2) is 0 Å².